The number of hydrogen-bond acceptors (Lipinski definition) is 3. The number of ketones is 1. The molecular formula is C13H24O3. The van der Waals surface area contributed by atoms with Gasteiger partial charge in [-0.2, -0.15) is 0 Å². The van der Waals surface area contributed by atoms with Gasteiger partial charge in [-0.15, -0.1) is 0 Å². The molecule has 1 atom stereocenters. The third kappa shape index (κ3) is 8.45. The first-order chi connectivity index (χ1) is 7.60. The molecule has 3 nitrogen and oxygen atoms in total. The van der Waals surface area contributed by atoms with Gasteiger partial charge in [0.2, 0.25) is 0 Å². The van der Waals surface area contributed by atoms with Gasteiger partial charge in [-0.25, -0.2) is 0 Å². The highest BCUT2D eigenvalue weighted by Crippen LogP contribution is 2.08. The number of carbonyl (C=O) groups excluding carboxylic acids is 2. The van der Waals surface area contributed by atoms with Crippen molar-refractivity contribution in [2.75, 3.05) is 0 Å². The Balaban J connectivity index is 3.58. The zero-order valence-electron chi connectivity index (χ0n) is 10.8. The van der Waals surface area contributed by atoms with Crippen LogP contribution >= 0.6 is 0 Å². The van der Waals surface area contributed by atoms with Gasteiger partial charge in [0, 0.05) is 6.42 Å². The summed E-state index contributed by atoms with van der Waals surface area (Å²) in [6, 6.07) is 0. The Hall–Kier alpha value is -0.860. The molecule has 0 fully saturated rings. The van der Waals surface area contributed by atoms with Crippen LogP contribution in [0.2, 0.25) is 0 Å². The third-order valence-corrected chi connectivity index (χ3v) is 2.53. The van der Waals surface area contributed by atoms with Crippen LogP contribution in [0.5, 0.6) is 0 Å². The second kappa shape index (κ2) is 9.37. The van der Waals surface area contributed by atoms with E-state index < -0.39 is 0 Å². The summed E-state index contributed by atoms with van der Waals surface area (Å²) in [5.41, 5.74) is 0. The van der Waals surface area contributed by atoms with Crippen LogP contribution in [0.25, 0.3) is 0 Å². The molecule has 3 heteroatoms. The van der Waals surface area contributed by atoms with Gasteiger partial charge in [-0.3, -0.25) is 9.59 Å². The molecule has 0 unspecified atom stereocenters. The van der Waals surface area contributed by atoms with Crippen molar-refractivity contribution >= 4 is 11.8 Å². The van der Waals surface area contributed by atoms with E-state index in [1.165, 1.54) is 19.3 Å². The first kappa shape index (κ1) is 15.1. The van der Waals surface area contributed by atoms with Gasteiger partial charge < -0.3 is 4.74 Å². The van der Waals surface area contributed by atoms with Crippen LogP contribution in [0.1, 0.15) is 65.7 Å². The first-order valence-electron chi connectivity index (χ1n) is 6.31. The van der Waals surface area contributed by atoms with Crippen LogP contribution in [0.4, 0.5) is 0 Å². The predicted octanol–water partition coefficient (Wildman–Crippen LogP) is 3.26. The fourth-order valence-electron chi connectivity index (χ4n) is 1.47. The Morgan fingerprint density at radius 2 is 1.81 bits per heavy atom. The van der Waals surface area contributed by atoms with E-state index >= 15 is 0 Å². The van der Waals surface area contributed by atoms with Gasteiger partial charge in [0.25, 0.3) is 0 Å². The largest absolute Gasteiger partial charge is 0.462 e. The monoisotopic (exact) mass is 228 g/mol. The quantitative estimate of drug-likeness (QED) is 0.345. The summed E-state index contributed by atoms with van der Waals surface area (Å²) >= 11 is 0. The SMILES string of the molecule is CCCCCC[C@@H](C)OC(=O)CC(=O)CC. The number of Topliss-reactive ketones (excluding diaryl/α,β-unsaturated/α-hetero) is 1. The van der Waals surface area contributed by atoms with Crippen molar-refractivity contribution in [1.29, 1.82) is 0 Å². The van der Waals surface area contributed by atoms with Crippen LogP contribution in [0.3, 0.4) is 0 Å². The van der Waals surface area contributed by atoms with Crippen molar-refractivity contribution in [2.45, 2.75) is 71.8 Å². The van der Waals surface area contributed by atoms with Gasteiger partial charge in [-0.05, 0) is 19.8 Å². The van der Waals surface area contributed by atoms with Crippen molar-refractivity contribution in [3.05, 3.63) is 0 Å². The normalized spacial score (nSPS) is 12.2. The second-order valence-corrected chi connectivity index (χ2v) is 4.22. The average Bonchev–Trinajstić information content (AvgIpc) is 2.24. The Morgan fingerprint density at radius 3 is 2.38 bits per heavy atom. The van der Waals surface area contributed by atoms with E-state index in [0.717, 1.165) is 12.8 Å². The molecule has 0 heterocycles. The third-order valence-electron chi connectivity index (χ3n) is 2.53. The number of esters is 1. The highest BCUT2D eigenvalue weighted by Gasteiger charge is 2.12. The minimum atomic E-state index is -0.380. The topological polar surface area (TPSA) is 43.4 Å². The average molecular weight is 228 g/mol. The molecule has 0 aliphatic carbocycles. The van der Waals surface area contributed by atoms with E-state index in [9.17, 15) is 9.59 Å². The lowest BCUT2D eigenvalue weighted by molar-refractivity contribution is -0.150. The maximum absolute atomic E-state index is 11.3. The Kier molecular flexibility index (Phi) is 8.87. The molecule has 0 rings (SSSR count). The van der Waals surface area contributed by atoms with Gasteiger partial charge in [0.1, 0.15) is 12.2 Å². The summed E-state index contributed by atoms with van der Waals surface area (Å²) in [6.07, 6.45) is 5.88. The molecule has 0 aromatic heterocycles. The Labute approximate surface area is 98.6 Å². The van der Waals surface area contributed by atoms with Gasteiger partial charge in [0.15, 0.2) is 0 Å². The van der Waals surface area contributed by atoms with Crippen molar-refractivity contribution in [1.82, 2.24) is 0 Å². The molecule has 0 aromatic rings. The molecule has 94 valence electrons. The molecule has 0 radical (unpaired) electrons. The van der Waals surface area contributed by atoms with E-state index in [1.54, 1.807) is 6.92 Å². The summed E-state index contributed by atoms with van der Waals surface area (Å²) in [4.78, 5) is 22.3. The Morgan fingerprint density at radius 1 is 1.12 bits per heavy atom. The summed E-state index contributed by atoms with van der Waals surface area (Å²) in [5, 5.41) is 0. The fraction of sp³-hybridized carbons (Fsp3) is 0.846. The minimum Gasteiger partial charge on any atom is -0.462 e. The lowest BCUT2D eigenvalue weighted by Gasteiger charge is -2.12. The van der Waals surface area contributed by atoms with Crippen molar-refractivity contribution < 1.29 is 14.3 Å². The lowest BCUT2D eigenvalue weighted by Crippen LogP contribution is -2.17. The number of ether oxygens (including phenoxy) is 1. The highest BCUT2D eigenvalue weighted by molar-refractivity contribution is 5.95. The molecule has 0 aliphatic heterocycles. The van der Waals surface area contributed by atoms with Crippen LogP contribution in [-0.4, -0.2) is 17.9 Å². The van der Waals surface area contributed by atoms with Crippen LogP contribution in [-0.2, 0) is 14.3 Å². The number of rotatable bonds is 9. The predicted molar refractivity (Wildman–Crippen MR) is 64.2 cm³/mol. The van der Waals surface area contributed by atoms with Crippen molar-refractivity contribution in [3.8, 4) is 0 Å². The number of carbonyl (C=O) groups is 2. The maximum Gasteiger partial charge on any atom is 0.313 e. The molecule has 16 heavy (non-hydrogen) atoms. The molecule has 0 saturated carbocycles. The van der Waals surface area contributed by atoms with Gasteiger partial charge >= 0.3 is 5.97 Å². The molecule has 0 aliphatic rings. The molecule has 0 saturated heterocycles. The molecule has 0 bridgehead atoms. The number of unbranched alkanes of at least 4 members (excludes halogenated alkanes) is 3. The van der Waals surface area contributed by atoms with E-state index in [-0.39, 0.29) is 24.3 Å². The smallest absolute Gasteiger partial charge is 0.313 e. The maximum atomic E-state index is 11.3. The van der Waals surface area contributed by atoms with Gasteiger partial charge in [0.05, 0.1) is 6.10 Å². The van der Waals surface area contributed by atoms with E-state index in [0.29, 0.717) is 6.42 Å². The van der Waals surface area contributed by atoms with E-state index in [1.807, 2.05) is 6.92 Å². The van der Waals surface area contributed by atoms with Crippen molar-refractivity contribution in [3.63, 3.8) is 0 Å². The van der Waals surface area contributed by atoms with Crippen molar-refractivity contribution in [2.24, 2.45) is 0 Å². The molecule has 0 amide bonds. The zero-order chi connectivity index (χ0) is 12.4. The number of hydrogen-bond donors (Lipinski definition) is 0. The molecule has 0 N–H and O–H groups in total. The summed E-state index contributed by atoms with van der Waals surface area (Å²) < 4.78 is 5.14. The Bertz CT molecular complexity index is 211. The van der Waals surface area contributed by atoms with Crippen LogP contribution in [0, 0.1) is 0 Å². The molecular weight excluding hydrogens is 204 g/mol. The van der Waals surface area contributed by atoms with Crippen LogP contribution < -0.4 is 0 Å². The minimum absolute atomic E-state index is 0.0526. The first-order valence-corrected chi connectivity index (χ1v) is 6.31. The standard InChI is InChI=1S/C13H24O3/c1-4-6-7-8-9-11(3)16-13(15)10-12(14)5-2/h11H,4-10H2,1-3H3/t11-/m1/s1. The summed E-state index contributed by atoms with van der Waals surface area (Å²) in [5.74, 6) is -0.432. The highest BCUT2D eigenvalue weighted by atomic mass is 16.5. The second-order valence-electron chi connectivity index (χ2n) is 4.22. The van der Waals surface area contributed by atoms with E-state index in [2.05, 4.69) is 6.92 Å². The fourth-order valence-corrected chi connectivity index (χ4v) is 1.47. The molecule has 0 aromatic carbocycles. The summed E-state index contributed by atoms with van der Waals surface area (Å²) in [6.45, 7) is 5.81. The van der Waals surface area contributed by atoms with Gasteiger partial charge in [-0.1, -0.05) is 33.1 Å². The van der Waals surface area contributed by atoms with Crippen LogP contribution in [0.15, 0.2) is 0 Å². The summed E-state index contributed by atoms with van der Waals surface area (Å²) in [7, 11) is 0. The van der Waals surface area contributed by atoms with E-state index in [4.69, 9.17) is 4.74 Å². The molecule has 0 spiro atoms. The zero-order valence-corrected chi connectivity index (χ0v) is 10.8. The lowest BCUT2D eigenvalue weighted by atomic mass is 10.1.